The maximum atomic E-state index is 13.5. The number of nitro benzene ring substituents is 1. The first-order valence-electron chi connectivity index (χ1n) is 21.0. The molecule has 0 saturated heterocycles. The molecular weight excluding hydrogens is 999 g/mol. The van der Waals surface area contributed by atoms with Crippen molar-refractivity contribution in [1.82, 2.24) is 24.4 Å². The van der Waals surface area contributed by atoms with Crippen LogP contribution in [0.5, 0.6) is 5.75 Å². The van der Waals surface area contributed by atoms with Gasteiger partial charge in [-0.2, -0.15) is 0 Å². The van der Waals surface area contributed by atoms with Crippen molar-refractivity contribution in [3.05, 3.63) is 76.4 Å². The topological polar surface area (TPSA) is 324 Å². The van der Waals surface area contributed by atoms with E-state index in [2.05, 4.69) is 24.8 Å². The Morgan fingerprint density at radius 3 is 1.94 bits per heavy atom. The molecule has 25 heteroatoms. The normalized spacial score (nSPS) is 12.6. The minimum absolute atomic E-state index is 0.00116. The van der Waals surface area contributed by atoms with Gasteiger partial charge in [-0.1, -0.05) is 0 Å². The Balaban J connectivity index is 1.30. The number of rotatable bonds is 32. The van der Waals surface area contributed by atoms with Gasteiger partial charge in [0.1, 0.15) is 0 Å². The Bertz CT molecular complexity index is 1990. The van der Waals surface area contributed by atoms with Crippen molar-refractivity contribution in [2.45, 2.75) is 45.8 Å². The number of hydrogen-bond donors (Lipinski definition) is 6. The first-order valence-corrected chi connectivity index (χ1v) is 24.7. The molecule has 0 saturated carbocycles. The number of anilines is 1. The molecule has 2 aromatic rings. The van der Waals surface area contributed by atoms with E-state index in [1.54, 1.807) is 38.1 Å². The van der Waals surface area contributed by atoms with Gasteiger partial charge in [-0.15, -0.1) is 0 Å². The van der Waals surface area contributed by atoms with Crippen LogP contribution in [0.15, 0.2) is 60.7 Å². The van der Waals surface area contributed by atoms with Crippen molar-refractivity contribution >= 4 is 77.1 Å². The molecule has 1 aliphatic rings. The van der Waals surface area contributed by atoms with Crippen LogP contribution in [0.2, 0.25) is 0 Å². The molecule has 2 aromatic carbocycles. The summed E-state index contributed by atoms with van der Waals surface area (Å²) in [6, 6.07) is 9.56. The molecule has 67 heavy (non-hydrogen) atoms. The van der Waals surface area contributed by atoms with Crippen LogP contribution in [-0.2, 0) is 54.3 Å². The Kier molecular flexibility index (Phi) is 25.3. The number of amides is 8. The zero-order valence-corrected chi connectivity index (χ0v) is 39.3. The number of hydrogen-bond acceptors (Lipinski definition) is 16. The van der Waals surface area contributed by atoms with Crippen LogP contribution in [0, 0.1) is 16.0 Å². The molecule has 0 unspecified atom stereocenters. The van der Waals surface area contributed by atoms with Crippen molar-refractivity contribution in [3.8, 4) is 5.75 Å². The second-order valence-corrected chi connectivity index (χ2v) is 19.1. The number of non-ortho nitro benzene ring substituents is 1. The maximum absolute atomic E-state index is 13.5. The molecule has 0 aromatic heterocycles. The second-order valence-electron chi connectivity index (χ2n) is 14.4. The van der Waals surface area contributed by atoms with Crippen LogP contribution in [0.4, 0.5) is 25.8 Å². The fraction of sp³-hybridized carbons (Fsp3) is 0.476. The quantitative estimate of drug-likeness (QED) is 0.00524. The second kappa shape index (κ2) is 30.8. The minimum atomic E-state index is -3.03. The molecule has 8 amide bonds. The van der Waals surface area contributed by atoms with E-state index < -0.39 is 70.8 Å². The number of urea groups is 1. The summed E-state index contributed by atoms with van der Waals surface area (Å²) in [4.78, 5) is 109. The van der Waals surface area contributed by atoms with E-state index in [0.717, 1.165) is 17.1 Å². The van der Waals surface area contributed by atoms with Gasteiger partial charge in [-0.05, 0) is 0 Å². The standard InChI is InChI=1S/C42H57IN8O16/c1-29(2)38(48-35(53)15-20-62-22-24-64-26-27-65-25-23-63-21-18-45-34(52)14-19-50-36(54)12-13-37(50)55)39(56)49-43(16-3-17-46-41(44)58)40(57)47-31-6-4-30(5-7-31)28-66-42(59)67-33-10-8-32(9-11-33)51(60)61/h4-13,29,38H,3,14-28H2,1-2H3,(H,45,52)(H,47,57)(H,48,53)(H,49,56)(H3,44,46,58)/t38-/m0/s1. The van der Waals surface area contributed by atoms with Gasteiger partial charge >= 0.3 is 252 Å². The number of carbonyl (C=O) groups excluding carboxylic acids is 8. The van der Waals surface area contributed by atoms with E-state index in [-0.39, 0.29) is 93.2 Å². The van der Waals surface area contributed by atoms with Gasteiger partial charge in [0.2, 0.25) is 5.91 Å². The zero-order chi connectivity index (χ0) is 49.0. The summed E-state index contributed by atoms with van der Waals surface area (Å²) in [6.07, 6.45) is 1.61. The molecule has 24 nitrogen and oxygen atoms in total. The molecular formula is C42H57IN8O16. The number of nitrogens with two attached hydrogens (primary N) is 1. The molecule has 1 heterocycles. The summed E-state index contributed by atoms with van der Waals surface area (Å²) in [6.45, 7) is 5.78. The molecule has 1 atom stereocenters. The van der Waals surface area contributed by atoms with E-state index in [4.69, 9.17) is 34.2 Å². The number of primary amides is 1. The van der Waals surface area contributed by atoms with E-state index in [0.29, 0.717) is 44.1 Å². The van der Waals surface area contributed by atoms with Crippen LogP contribution >= 0.6 is 20.1 Å². The van der Waals surface area contributed by atoms with Crippen molar-refractivity contribution in [2.75, 3.05) is 82.2 Å². The number of halogens is 1. The Labute approximate surface area is 393 Å². The summed E-state index contributed by atoms with van der Waals surface area (Å²) in [5.74, 6) is -2.42. The van der Waals surface area contributed by atoms with Gasteiger partial charge in [0.05, 0.1) is 31.4 Å². The molecule has 1 aliphatic heterocycles. The number of benzene rings is 2. The molecule has 0 spiro atoms. The third-order valence-corrected chi connectivity index (χ3v) is 13.4. The van der Waals surface area contributed by atoms with Crippen LogP contribution < -0.4 is 35.3 Å². The molecule has 0 radical (unpaired) electrons. The Morgan fingerprint density at radius 2 is 1.36 bits per heavy atom. The third-order valence-electron chi connectivity index (χ3n) is 8.90. The van der Waals surface area contributed by atoms with Crippen LogP contribution in [-0.4, -0.2) is 138 Å². The van der Waals surface area contributed by atoms with Crippen LogP contribution in [0.25, 0.3) is 0 Å². The first kappa shape index (κ1) is 55.0. The monoisotopic (exact) mass is 1060 g/mol. The number of ether oxygens (including phenoxy) is 6. The summed E-state index contributed by atoms with van der Waals surface area (Å²) in [7, 11) is 0. The van der Waals surface area contributed by atoms with Gasteiger partial charge in [0.15, 0.2) is 0 Å². The van der Waals surface area contributed by atoms with Crippen molar-refractivity contribution in [1.29, 1.82) is 0 Å². The summed E-state index contributed by atoms with van der Waals surface area (Å²) in [5, 5.41) is 21.5. The van der Waals surface area contributed by atoms with E-state index in [9.17, 15) is 48.5 Å². The molecule has 3 rings (SSSR count). The number of nitro groups is 1. The van der Waals surface area contributed by atoms with Crippen molar-refractivity contribution in [2.24, 2.45) is 11.7 Å². The van der Waals surface area contributed by atoms with Crippen LogP contribution in [0.3, 0.4) is 0 Å². The summed E-state index contributed by atoms with van der Waals surface area (Å²) >= 11 is -3.03. The fourth-order valence-corrected chi connectivity index (χ4v) is 9.20. The van der Waals surface area contributed by atoms with Gasteiger partial charge in [-0.3, -0.25) is 29.4 Å². The molecule has 0 bridgehead atoms. The van der Waals surface area contributed by atoms with Crippen molar-refractivity contribution < 1.29 is 71.7 Å². The van der Waals surface area contributed by atoms with Gasteiger partial charge in [0.25, 0.3) is 17.5 Å². The van der Waals surface area contributed by atoms with Gasteiger partial charge < -0.3 is 14.8 Å². The van der Waals surface area contributed by atoms with E-state index in [1.165, 1.54) is 24.3 Å². The average Bonchev–Trinajstić information content (AvgIpc) is 3.62. The Hall–Kier alpha value is -6.29. The molecule has 368 valence electrons. The number of alkyl halides is 1. The number of carbonyl (C=O) groups is 8. The number of nitrogens with one attached hydrogen (secondary N) is 5. The third kappa shape index (κ3) is 22.6. The first-order chi connectivity index (χ1) is 32.1. The van der Waals surface area contributed by atoms with Crippen LogP contribution in [0.1, 0.15) is 38.7 Å². The van der Waals surface area contributed by atoms with E-state index >= 15 is 0 Å². The number of imide groups is 1. The number of nitrogens with zero attached hydrogens (tertiary/aromatic N) is 2. The predicted molar refractivity (Wildman–Crippen MR) is 247 cm³/mol. The molecule has 7 N–H and O–H groups in total. The zero-order valence-electron chi connectivity index (χ0n) is 37.1. The van der Waals surface area contributed by atoms with E-state index in [1.807, 2.05) is 0 Å². The molecule has 0 aliphatic carbocycles. The average molecular weight is 1060 g/mol. The summed E-state index contributed by atoms with van der Waals surface area (Å²) < 4.78 is 34.7. The summed E-state index contributed by atoms with van der Waals surface area (Å²) in [5.41, 5.74) is 5.96. The molecule has 0 fully saturated rings. The van der Waals surface area contributed by atoms with Crippen molar-refractivity contribution in [3.63, 3.8) is 0 Å². The van der Waals surface area contributed by atoms with Gasteiger partial charge in [0, 0.05) is 43.8 Å². The Morgan fingerprint density at radius 1 is 0.761 bits per heavy atom. The predicted octanol–water partition coefficient (Wildman–Crippen LogP) is 2.47. The SMILES string of the molecule is CC(C)[C@H](NC(=O)CCOCCOCCOCCOCCNC(=O)CCN1C(=O)C=CC1=O)C(=O)NI(CCCNC(N)=O)C(=O)Nc1ccc(COC(=O)Oc2ccc([N+](=O)[O-])cc2)cc1. The van der Waals surface area contributed by atoms with Gasteiger partial charge in [-0.25, -0.2) is 0 Å². The fourth-order valence-electron chi connectivity index (χ4n) is 5.44.